The number of imidazole rings is 1. The number of hydrogen-bond acceptors (Lipinski definition) is 3. The van der Waals surface area contributed by atoms with Gasteiger partial charge in [-0.25, -0.2) is 4.98 Å². The first kappa shape index (κ1) is 17.0. The second-order valence-corrected chi connectivity index (χ2v) is 7.73. The molecule has 2 rings (SSSR count). The van der Waals surface area contributed by atoms with Crippen molar-refractivity contribution in [2.45, 2.75) is 59.1 Å². The van der Waals surface area contributed by atoms with E-state index in [1.165, 1.54) is 0 Å². The van der Waals surface area contributed by atoms with Gasteiger partial charge < -0.3 is 14.6 Å². The van der Waals surface area contributed by atoms with Gasteiger partial charge in [0.1, 0.15) is 6.04 Å². The third-order valence-corrected chi connectivity index (χ3v) is 4.32. The van der Waals surface area contributed by atoms with Gasteiger partial charge in [0.15, 0.2) is 0 Å². The molecule has 0 saturated carbocycles. The van der Waals surface area contributed by atoms with Crippen LogP contribution in [0.5, 0.6) is 0 Å². The summed E-state index contributed by atoms with van der Waals surface area (Å²) in [6, 6.07) is -0.200. The van der Waals surface area contributed by atoms with Gasteiger partial charge in [0.25, 0.3) is 0 Å². The van der Waals surface area contributed by atoms with Crippen molar-refractivity contribution in [3.63, 3.8) is 0 Å². The van der Waals surface area contributed by atoms with E-state index < -0.39 is 0 Å². The van der Waals surface area contributed by atoms with E-state index in [0.717, 1.165) is 12.8 Å². The average Bonchev–Trinajstić information content (AvgIpc) is 2.88. The summed E-state index contributed by atoms with van der Waals surface area (Å²) in [7, 11) is 0. The van der Waals surface area contributed by atoms with Crippen molar-refractivity contribution in [1.29, 1.82) is 0 Å². The van der Waals surface area contributed by atoms with Gasteiger partial charge in [-0.1, -0.05) is 27.7 Å². The summed E-state index contributed by atoms with van der Waals surface area (Å²) in [4.78, 5) is 19.1. The molecule has 5 nitrogen and oxygen atoms in total. The first-order valence-corrected chi connectivity index (χ1v) is 8.23. The molecule has 1 aromatic heterocycles. The Morgan fingerprint density at radius 3 is 2.77 bits per heavy atom. The van der Waals surface area contributed by atoms with Crippen LogP contribution in [0.1, 0.15) is 53.0 Å². The van der Waals surface area contributed by atoms with Gasteiger partial charge >= 0.3 is 0 Å². The number of likely N-dealkylation sites (tertiary alicyclic amines) is 1. The summed E-state index contributed by atoms with van der Waals surface area (Å²) < 4.78 is 1.91. The van der Waals surface area contributed by atoms with Crippen LogP contribution in [-0.4, -0.2) is 44.7 Å². The number of aliphatic hydroxyl groups is 1. The molecule has 2 heterocycles. The van der Waals surface area contributed by atoms with E-state index in [-0.39, 0.29) is 23.5 Å². The molecule has 124 valence electrons. The van der Waals surface area contributed by atoms with Crippen molar-refractivity contribution in [3.8, 4) is 0 Å². The normalized spacial score (nSPS) is 23.4. The maximum atomic E-state index is 13.1. The van der Waals surface area contributed by atoms with Crippen LogP contribution in [0, 0.1) is 11.3 Å². The fraction of sp³-hybridized carbons (Fsp3) is 0.765. The molecule has 5 heteroatoms. The van der Waals surface area contributed by atoms with Gasteiger partial charge in [-0.2, -0.15) is 0 Å². The molecule has 0 aliphatic carbocycles. The molecule has 1 saturated heterocycles. The van der Waals surface area contributed by atoms with Gasteiger partial charge in [-0.05, 0) is 30.6 Å². The van der Waals surface area contributed by atoms with E-state index >= 15 is 0 Å². The lowest BCUT2D eigenvalue weighted by molar-refractivity contribution is -0.136. The van der Waals surface area contributed by atoms with Crippen LogP contribution in [0.25, 0.3) is 0 Å². The summed E-state index contributed by atoms with van der Waals surface area (Å²) in [5, 5.41) is 10.0. The Kier molecular flexibility index (Phi) is 5.27. The lowest BCUT2D eigenvalue weighted by Crippen LogP contribution is -2.42. The number of hydrogen-bond donors (Lipinski definition) is 1. The minimum Gasteiger partial charge on any atom is -0.393 e. The van der Waals surface area contributed by atoms with Gasteiger partial charge in [0, 0.05) is 25.5 Å². The van der Waals surface area contributed by atoms with Crippen LogP contribution < -0.4 is 0 Å². The maximum absolute atomic E-state index is 13.1. The minimum atomic E-state index is -0.315. The molecule has 22 heavy (non-hydrogen) atoms. The molecule has 0 bridgehead atoms. The monoisotopic (exact) mass is 307 g/mol. The van der Waals surface area contributed by atoms with E-state index in [2.05, 4.69) is 32.7 Å². The molecular weight excluding hydrogens is 278 g/mol. The smallest absolute Gasteiger partial charge is 0.245 e. The summed E-state index contributed by atoms with van der Waals surface area (Å²) in [6.45, 7) is 9.84. The van der Waals surface area contributed by atoms with E-state index in [1.54, 1.807) is 12.5 Å². The molecule has 1 N–H and O–H groups in total. The zero-order chi connectivity index (χ0) is 16.3. The molecule has 2 atom stereocenters. The molecule has 0 aromatic carbocycles. The lowest BCUT2D eigenvalue weighted by Gasteiger charge is -2.33. The second-order valence-electron chi connectivity index (χ2n) is 7.73. The number of nitrogens with zero attached hydrogens (tertiary/aromatic N) is 3. The van der Waals surface area contributed by atoms with Crippen LogP contribution in [0.3, 0.4) is 0 Å². The van der Waals surface area contributed by atoms with Crippen molar-refractivity contribution in [2.24, 2.45) is 11.3 Å². The zero-order valence-corrected chi connectivity index (χ0v) is 14.2. The predicted octanol–water partition coefficient (Wildman–Crippen LogP) is 2.48. The maximum Gasteiger partial charge on any atom is 0.245 e. The molecule has 0 spiro atoms. The van der Waals surface area contributed by atoms with Crippen LogP contribution in [0.2, 0.25) is 0 Å². The van der Waals surface area contributed by atoms with Crippen molar-refractivity contribution in [2.75, 3.05) is 13.1 Å². The summed E-state index contributed by atoms with van der Waals surface area (Å²) in [5.74, 6) is 0.579. The van der Waals surface area contributed by atoms with E-state index in [0.29, 0.717) is 25.4 Å². The van der Waals surface area contributed by atoms with Gasteiger partial charge in [0.2, 0.25) is 5.91 Å². The van der Waals surface area contributed by atoms with Crippen molar-refractivity contribution in [3.05, 3.63) is 18.7 Å². The first-order valence-electron chi connectivity index (χ1n) is 8.23. The Bertz CT molecular complexity index is 482. The van der Waals surface area contributed by atoms with Crippen LogP contribution in [0.4, 0.5) is 0 Å². The van der Waals surface area contributed by atoms with Crippen molar-refractivity contribution in [1.82, 2.24) is 14.5 Å². The van der Waals surface area contributed by atoms with Gasteiger partial charge in [-0.3, -0.25) is 4.79 Å². The lowest BCUT2D eigenvalue weighted by atomic mass is 9.87. The number of amides is 1. The van der Waals surface area contributed by atoms with E-state index in [9.17, 15) is 9.90 Å². The summed E-state index contributed by atoms with van der Waals surface area (Å²) in [5.41, 5.74) is -0.0527. The molecule has 1 fully saturated rings. The highest BCUT2D eigenvalue weighted by molar-refractivity contribution is 5.80. The standard InChI is InChI=1S/C17H29N3O2/c1-13(2)9-15(20-8-6-18-12-20)16(22)19-7-5-14(21)10-17(3,4)11-19/h6,8,12-15,21H,5,7,9-11H2,1-4H3. The SMILES string of the molecule is CC(C)CC(C(=O)N1CCC(O)CC(C)(C)C1)n1ccnc1. The number of aromatic nitrogens is 2. The predicted molar refractivity (Wildman–Crippen MR) is 86.3 cm³/mol. The third kappa shape index (κ3) is 4.32. The van der Waals surface area contributed by atoms with Crippen LogP contribution >= 0.6 is 0 Å². The second kappa shape index (κ2) is 6.82. The molecular formula is C17H29N3O2. The van der Waals surface area contributed by atoms with E-state index in [4.69, 9.17) is 0 Å². The molecule has 0 radical (unpaired) electrons. The minimum absolute atomic E-state index is 0.0527. The Morgan fingerprint density at radius 1 is 1.45 bits per heavy atom. The number of rotatable bonds is 4. The van der Waals surface area contributed by atoms with Gasteiger partial charge in [0.05, 0.1) is 12.4 Å². The van der Waals surface area contributed by atoms with Crippen molar-refractivity contribution >= 4 is 5.91 Å². The van der Waals surface area contributed by atoms with Crippen molar-refractivity contribution < 1.29 is 9.90 Å². The Balaban J connectivity index is 2.18. The molecule has 1 aliphatic heterocycles. The third-order valence-electron chi connectivity index (χ3n) is 4.32. The average molecular weight is 307 g/mol. The highest BCUT2D eigenvalue weighted by atomic mass is 16.3. The van der Waals surface area contributed by atoms with Crippen LogP contribution in [0.15, 0.2) is 18.7 Å². The summed E-state index contributed by atoms with van der Waals surface area (Å²) >= 11 is 0. The zero-order valence-electron chi connectivity index (χ0n) is 14.2. The molecule has 1 aliphatic rings. The quantitative estimate of drug-likeness (QED) is 0.929. The highest BCUT2D eigenvalue weighted by Gasteiger charge is 2.34. The number of carbonyl (C=O) groups is 1. The fourth-order valence-corrected chi connectivity index (χ4v) is 3.35. The fourth-order valence-electron chi connectivity index (χ4n) is 3.35. The first-order chi connectivity index (χ1) is 10.3. The Hall–Kier alpha value is -1.36. The topological polar surface area (TPSA) is 58.4 Å². The highest BCUT2D eigenvalue weighted by Crippen LogP contribution is 2.30. The molecule has 2 unspecified atom stereocenters. The van der Waals surface area contributed by atoms with Gasteiger partial charge in [-0.15, -0.1) is 0 Å². The molecule has 1 aromatic rings. The molecule has 1 amide bonds. The largest absolute Gasteiger partial charge is 0.393 e. The Morgan fingerprint density at radius 2 is 2.18 bits per heavy atom. The summed E-state index contributed by atoms with van der Waals surface area (Å²) in [6.07, 6.45) is 7.20. The number of aliphatic hydroxyl groups excluding tert-OH is 1. The number of carbonyl (C=O) groups excluding carboxylic acids is 1. The van der Waals surface area contributed by atoms with Crippen LogP contribution in [-0.2, 0) is 4.79 Å². The van der Waals surface area contributed by atoms with E-state index in [1.807, 2.05) is 15.7 Å². The Labute approximate surface area is 133 Å².